The summed E-state index contributed by atoms with van der Waals surface area (Å²) < 4.78 is 60.8. The molecule has 1 rings (SSSR count). The summed E-state index contributed by atoms with van der Waals surface area (Å²) in [4.78, 5) is 3.00. The molecule has 0 aliphatic rings. The molecular weight excluding hydrogens is 355 g/mol. The first-order chi connectivity index (χ1) is 6.75. The third-order valence-corrected chi connectivity index (χ3v) is 3.32. The molecule has 0 saturated heterocycles. The molecule has 0 fully saturated rings. The van der Waals surface area contributed by atoms with Crippen molar-refractivity contribution >= 4 is 34.2 Å². The third kappa shape index (κ3) is 2.68. The molecule has 0 unspecified atom stereocenters. The van der Waals surface area contributed by atoms with Crippen molar-refractivity contribution in [3.63, 3.8) is 0 Å². The van der Waals surface area contributed by atoms with Crippen molar-refractivity contribution in [1.29, 1.82) is 0 Å². The second kappa shape index (κ2) is 4.36. The highest BCUT2D eigenvalue weighted by atomic mass is 127. The van der Waals surface area contributed by atoms with Crippen LogP contribution in [0.4, 0.5) is 22.0 Å². The number of rotatable bonds is 1. The van der Waals surface area contributed by atoms with Gasteiger partial charge >= 0.3 is 6.18 Å². The molecule has 0 spiro atoms. The van der Waals surface area contributed by atoms with Crippen molar-refractivity contribution in [3.8, 4) is 0 Å². The van der Waals surface area contributed by atoms with Gasteiger partial charge in [0.05, 0.1) is 10.6 Å². The number of halogens is 7. The van der Waals surface area contributed by atoms with Crippen LogP contribution < -0.4 is 0 Å². The number of hydrogen-bond acceptors (Lipinski definition) is 1. The van der Waals surface area contributed by atoms with Gasteiger partial charge in [0.15, 0.2) is 0 Å². The zero-order valence-corrected chi connectivity index (χ0v) is 9.66. The van der Waals surface area contributed by atoms with E-state index >= 15 is 0 Å². The molecule has 84 valence electrons. The minimum absolute atomic E-state index is 0.356. The zero-order chi connectivity index (χ0) is 11.8. The van der Waals surface area contributed by atoms with Crippen molar-refractivity contribution < 1.29 is 22.0 Å². The molecule has 0 atom stereocenters. The van der Waals surface area contributed by atoms with Crippen LogP contribution in [-0.2, 0) is 6.18 Å². The predicted octanol–water partition coefficient (Wildman–Crippen LogP) is 4.30. The van der Waals surface area contributed by atoms with Gasteiger partial charge in [-0.3, -0.25) is 4.98 Å². The lowest BCUT2D eigenvalue weighted by atomic mass is 10.2. The van der Waals surface area contributed by atoms with Gasteiger partial charge in [0, 0.05) is 9.77 Å². The largest absolute Gasteiger partial charge is 0.418 e. The predicted molar refractivity (Wildman–Crippen MR) is 51.9 cm³/mol. The number of hydrogen-bond donors (Lipinski definition) is 0. The molecule has 0 bridgehead atoms. The molecule has 0 aliphatic heterocycles. The van der Waals surface area contributed by atoms with Crippen LogP contribution >= 0.6 is 34.2 Å². The van der Waals surface area contributed by atoms with Gasteiger partial charge in [0.1, 0.15) is 5.69 Å². The second-order valence-corrected chi connectivity index (χ2v) is 3.94. The van der Waals surface area contributed by atoms with Gasteiger partial charge in [-0.2, -0.15) is 13.2 Å². The summed E-state index contributed by atoms with van der Waals surface area (Å²) in [5, 5.41) is -0.652. The van der Waals surface area contributed by atoms with Crippen molar-refractivity contribution in [2.24, 2.45) is 0 Å². The molecule has 0 aromatic carbocycles. The van der Waals surface area contributed by atoms with Gasteiger partial charge in [0.2, 0.25) is 0 Å². The van der Waals surface area contributed by atoms with Crippen LogP contribution in [0, 0.1) is 3.57 Å². The summed E-state index contributed by atoms with van der Waals surface area (Å²) in [7, 11) is 0. The van der Waals surface area contributed by atoms with Crippen LogP contribution in [0.2, 0.25) is 5.02 Å². The second-order valence-electron chi connectivity index (χ2n) is 2.48. The molecule has 0 N–H and O–H groups in total. The average molecular weight is 357 g/mol. The Morgan fingerprint density at radius 3 is 2.27 bits per heavy atom. The molecule has 1 aromatic rings. The first-order valence-electron chi connectivity index (χ1n) is 3.44. The Morgan fingerprint density at radius 1 is 1.33 bits per heavy atom. The monoisotopic (exact) mass is 357 g/mol. The van der Waals surface area contributed by atoms with E-state index in [1.807, 2.05) is 0 Å². The fourth-order valence-electron chi connectivity index (χ4n) is 0.828. The third-order valence-electron chi connectivity index (χ3n) is 1.50. The van der Waals surface area contributed by atoms with Gasteiger partial charge in [-0.15, -0.1) is 0 Å². The Balaban J connectivity index is 3.34. The molecule has 15 heavy (non-hydrogen) atoms. The van der Waals surface area contributed by atoms with Crippen LogP contribution in [0.5, 0.6) is 0 Å². The van der Waals surface area contributed by atoms with Crippen LogP contribution in [0.25, 0.3) is 0 Å². The lowest BCUT2D eigenvalue weighted by molar-refractivity contribution is -0.138. The quantitative estimate of drug-likeness (QED) is 0.540. The van der Waals surface area contributed by atoms with E-state index in [1.54, 1.807) is 0 Å². The summed E-state index contributed by atoms with van der Waals surface area (Å²) in [6.07, 6.45) is -7.28. The lowest BCUT2D eigenvalue weighted by Gasteiger charge is -2.11. The van der Waals surface area contributed by atoms with Gasteiger partial charge in [-0.1, -0.05) is 11.6 Å². The zero-order valence-electron chi connectivity index (χ0n) is 6.75. The Bertz CT molecular complexity index is 378. The van der Waals surface area contributed by atoms with Crippen LogP contribution in [0.15, 0.2) is 6.20 Å². The molecule has 1 heterocycles. The SMILES string of the molecule is FC(F)c1ncc(C(F)(F)F)c(I)c1Cl. The molecule has 0 amide bonds. The molecule has 8 heteroatoms. The van der Waals surface area contributed by atoms with Crippen molar-refractivity contribution in [2.45, 2.75) is 12.6 Å². The van der Waals surface area contributed by atoms with Crippen LogP contribution in [0.3, 0.4) is 0 Å². The Morgan fingerprint density at radius 2 is 1.87 bits per heavy atom. The van der Waals surface area contributed by atoms with E-state index < -0.39 is 32.5 Å². The molecule has 0 radical (unpaired) electrons. The Labute approximate surface area is 99.8 Å². The first-order valence-corrected chi connectivity index (χ1v) is 4.90. The molecule has 0 aliphatic carbocycles. The van der Waals surface area contributed by atoms with E-state index in [1.165, 1.54) is 22.6 Å². The Kier molecular flexibility index (Phi) is 3.75. The fraction of sp³-hybridized carbons (Fsp3) is 0.286. The normalized spacial score (nSPS) is 12.3. The maximum atomic E-state index is 12.3. The highest BCUT2D eigenvalue weighted by Crippen LogP contribution is 2.38. The van der Waals surface area contributed by atoms with Crippen LogP contribution in [0.1, 0.15) is 17.7 Å². The minimum Gasteiger partial charge on any atom is -0.253 e. The van der Waals surface area contributed by atoms with E-state index in [4.69, 9.17) is 11.6 Å². The average Bonchev–Trinajstić information content (AvgIpc) is 2.06. The summed E-state index contributed by atoms with van der Waals surface area (Å²) in [5.41, 5.74) is -1.95. The van der Waals surface area contributed by atoms with E-state index in [0.29, 0.717) is 6.20 Å². The smallest absolute Gasteiger partial charge is 0.253 e. The topological polar surface area (TPSA) is 12.9 Å². The molecule has 0 saturated carbocycles. The van der Waals surface area contributed by atoms with Crippen molar-refractivity contribution in [2.75, 3.05) is 0 Å². The number of pyridine rings is 1. The summed E-state index contributed by atoms with van der Waals surface area (Å²) in [6.45, 7) is 0. The number of nitrogens with zero attached hydrogens (tertiary/aromatic N) is 1. The standard InChI is InChI=1S/C7H2ClF5IN/c8-3-4(14)2(7(11,12)13)1-15-5(3)6(9)10/h1,6H. The van der Waals surface area contributed by atoms with E-state index in [2.05, 4.69) is 4.98 Å². The number of aromatic nitrogens is 1. The van der Waals surface area contributed by atoms with Gasteiger partial charge in [0.25, 0.3) is 6.43 Å². The highest BCUT2D eigenvalue weighted by Gasteiger charge is 2.35. The van der Waals surface area contributed by atoms with Gasteiger partial charge in [-0.25, -0.2) is 8.78 Å². The Hall–Kier alpha value is -0.180. The van der Waals surface area contributed by atoms with Gasteiger partial charge < -0.3 is 0 Å². The first kappa shape index (κ1) is 12.9. The maximum Gasteiger partial charge on any atom is 0.418 e. The maximum absolute atomic E-state index is 12.3. The van der Waals surface area contributed by atoms with Gasteiger partial charge in [-0.05, 0) is 22.6 Å². The lowest BCUT2D eigenvalue weighted by Crippen LogP contribution is -2.10. The molecular formula is C7H2ClF5IN. The highest BCUT2D eigenvalue weighted by molar-refractivity contribution is 14.1. The van der Waals surface area contributed by atoms with E-state index in [-0.39, 0.29) is 0 Å². The molecule has 1 aromatic heterocycles. The van der Waals surface area contributed by atoms with E-state index in [0.717, 1.165) is 0 Å². The number of alkyl halides is 5. The molecule has 1 nitrogen and oxygen atoms in total. The minimum atomic E-state index is -4.65. The summed E-state index contributed by atoms with van der Waals surface area (Å²) >= 11 is 6.61. The van der Waals surface area contributed by atoms with Crippen LogP contribution in [-0.4, -0.2) is 4.98 Å². The van der Waals surface area contributed by atoms with Crippen molar-refractivity contribution in [3.05, 3.63) is 26.0 Å². The van der Waals surface area contributed by atoms with E-state index in [9.17, 15) is 22.0 Å². The summed E-state index contributed by atoms with van der Waals surface area (Å²) in [5.74, 6) is 0. The summed E-state index contributed by atoms with van der Waals surface area (Å²) in [6, 6.07) is 0. The van der Waals surface area contributed by atoms with Crippen molar-refractivity contribution in [1.82, 2.24) is 4.98 Å². The fourth-order valence-corrected chi connectivity index (χ4v) is 1.78.